The SMILES string of the molecule is CCOc1cc(/C=N\NC(=O)c2ccco2)cc(Br)c1OS(=O)(=O)c1ccc(C)cc1. The lowest BCUT2D eigenvalue weighted by Gasteiger charge is -2.14. The molecular weight excluding hydrogens is 488 g/mol. The van der Waals surface area contributed by atoms with Gasteiger partial charge in [-0.15, -0.1) is 0 Å². The lowest BCUT2D eigenvalue weighted by molar-refractivity contribution is 0.0927. The van der Waals surface area contributed by atoms with Gasteiger partial charge in [-0.3, -0.25) is 4.79 Å². The molecule has 0 aliphatic carbocycles. The van der Waals surface area contributed by atoms with Gasteiger partial charge >= 0.3 is 16.0 Å². The van der Waals surface area contributed by atoms with Crippen LogP contribution in [0.25, 0.3) is 0 Å². The van der Waals surface area contributed by atoms with Crippen LogP contribution in [-0.4, -0.2) is 27.1 Å². The second-order valence-electron chi connectivity index (χ2n) is 6.29. The number of aryl methyl sites for hydroxylation is 1. The van der Waals surface area contributed by atoms with Crippen LogP contribution in [0.1, 0.15) is 28.6 Å². The quantitative estimate of drug-likeness (QED) is 0.277. The van der Waals surface area contributed by atoms with Gasteiger partial charge in [-0.2, -0.15) is 13.5 Å². The van der Waals surface area contributed by atoms with E-state index < -0.39 is 16.0 Å². The Morgan fingerprint density at radius 3 is 2.61 bits per heavy atom. The van der Waals surface area contributed by atoms with E-state index in [4.69, 9.17) is 13.3 Å². The third-order valence-electron chi connectivity index (χ3n) is 3.96. The summed E-state index contributed by atoms with van der Waals surface area (Å²) in [6.45, 7) is 3.90. The summed E-state index contributed by atoms with van der Waals surface area (Å²) in [7, 11) is -4.07. The van der Waals surface area contributed by atoms with Gasteiger partial charge in [-0.1, -0.05) is 17.7 Å². The minimum absolute atomic E-state index is 0.0131. The number of furan rings is 1. The molecule has 0 aliphatic heterocycles. The van der Waals surface area contributed by atoms with E-state index in [1.165, 1.54) is 30.7 Å². The van der Waals surface area contributed by atoms with E-state index in [9.17, 15) is 13.2 Å². The fraction of sp³-hybridized carbons (Fsp3) is 0.143. The summed E-state index contributed by atoms with van der Waals surface area (Å²) in [4.78, 5) is 11.9. The van der Waals surface area contributed by atoms with Gasteiger partial charge in [0.15, 0.2) is 17.3 Å². The zero-order valence-corrected chi connectivity index (χ0v) is 19.1. The molecule has 1 N–H and O–H groups in total. The molecule has 0 spiro atoms. The van der Waals surface area contributed by atoms with Crippen LogP contribution in [-0.2, 0) is 10.1 Å². The Bertz CT molecular complexity index is 1190. The summed E-state index contributed by atoms with van der Waals surface area (Å²) >= 11 is 3.32. The Balaban J connectivity index is 1.84. The third-order valence-corrected chi connectivity index (χ3v) is 5.78. The highest BCUT2D eigenvalue weighted by Gasteiger charge is 2.22. The summed E-state index contributed by atoms with van der Waals surface area (Å²) < 4.78 is 41.6. The highest BCUT2D eigenvalue weighted by molar-refractivity contribution is 9.10. The highest BCUT2D eigenvalue weighted by atomic mass is 79.9. The molecule has 2 aromatic carbocycles. The van der Waals surface area contributed by atoms with Gasteiger partial charge in [0, 0.05) is 0 Å². The Morgan fingerprint density at radius 2 is 1.97 bits per heavy atom. The van der Waals surface area contributed by atoms with E-state index in [-0.39, 0.29) is 28.8 Å². The van der Waals surface area contributed by atoms with E-state index in [1.807, 2.05) is 6.92 Å². The normalized spacial score (nSPS) is 11.5. The molecular formula is C21H19BrN2O6S. The molecule has 3 rings (SSSR count). The number of amides is 1. The first kappa shape index (κ1) is 22.6. The Hall–Kier alpha value is -3.11. The van der Waals surface area contributed by atoms with Crippen LogP contribution >= 0.6 is 15.9 Å². The molecule has 0 atom stereocenters. The molecule has 10 heteroatoms. The van der Waals surface area contributed by atoms with E-state index >= 15 is 0 Å². The van der Waals surface area contributed by atoms with Gasteiger partial charge in [-0.05, 0) is 71.7 Å². The Kier molecular flexibility index (Phi) is 7.13. The number of benzene rings is 2. The van der Waals surface area contributed by atoms with Gasteiger partial charge in [0.1, 0.15) is 4.90 Å². The number of halogens is 1. The molecule has 0 fully saturated rings. The standard InChI is InChI=1S/C21H19BrN2O6S/c1-3-28-19-12-15(13-23-24-21(25)18-5-4-10-29-18)11-17(22)20(19)30-31(26,27)16-8-6-14(2)7-9-16/h4-13H,3H2,1-2H3,(H,24,25)/b23-13-. The number of hydrazone groups is 1. The van der Waals surface area contributed by atoms with Gasteiger partial charge in [0.25, 0.3) is 0 Å². The van der Waals surface area contributed by atoms with Crippen LogP contribution in [0.5, 0.6) is 11.5 Å². The van der Waals surface area contributed by atoms with Crippen LogP contribution in [0.15, 0.2) is 73.7 Å². The van der Waals surface area contributed by atoms with E-state index in [2.05, 4.69) is 26.5 Å². The zero-order chi connectivity index (χ0) is 22.4. The average Bonchev–Trinajstić information content (AvgIpc) is 3.26. The molecule has 0 aliphatic rings. The van der Waals surface area contributed by atoms with Crippen LogP contribution in [0.3, 0.4) is 0 Å². The van der Waals surface area contributed by atoms with Crippen molar-refractivity contribution in [2.45, 2.75) is 18.7 Å². The first-order valence-corrected chi connectivity index (χ1v) is 11.3. The van der Waals surface area contributed by atoms with Crippen molar-refractivity contribution < 1.29 is 26.5 Å². The molecule has 1 aromatic heterocycles. The van der Waals surface area contributed by atoms with Crippen LogP contribution < -0.4 is 14.3 Å². The molecule has 0 radical (unpaired) electrons. The number of nitrogens with zero attached hydrogens (tertiary/aromatic N) is 1. The van der Waals surface area contributed by atoms with Gasteiger partial charge in [0.2, 0.25) is 0 Å². The van der Waals surface area contributed by atoms with Crippen LogP contribution in [0.4, 0.5) is 0 Å². The average molecular weight is 507 g/mol. The zero-order valence-electron chi connectivity index (χ0n) is 16.7. The first-order valence-electron chi connectivity index (χ1n) is 9.14. The minimum Gasteiger partial charge on any atom is -0.490 e. The van der Waals surface area contributed by atoms with Crippen molar-refractivity contribution in [1.29, 1.82) is 0 Å². The number of nitrogens with one attached hydrogen (secondary N) is 1. The predicted octanol–water partition coefficient (Wildman–Crippen LogP) is 4.28. The van der Waals surface area contributed by atoms with Crippen molar-refractivity contribution in [3.05, 3.63) is 76.2 Å². The summed E-state index contributed by atoms with van der Waals surface area (Å²) in [5, 5.41) is 3.88. The fourth-order valence-corrected chi connectivity index (χ4v) is 4.10. The fourth-order valence-electron chi connectivity index (χ4n) is 2.50. The van der Waals surface area contributed by atoms with Gasteiger partial charge in [0.05, 0.1) is 23.6 Å². The van der Waals surface area contributed by atoms with Crippen molar-refractivity contribution in [2.75, 3.05) is 6.61 Å². The molecule has 0 bridgehead atoms. The second-order valence-corrected chi connectivity index (χ2v) is 8.69. The summed E-state index contributed by atoms with van der Waals surface area (Å²) in [5.74, 6) is -0.168. The van der Waals surface area contributed by atoms with E-state index in [1.54, 1.807) is 37.3 Å². The van der Waals surface area contributed by atoms with E-state index in [0.717, 1.165) is 5.56 Å². The molecule has 3 aromatic rings. The highest BCUT2D eigenvalue weighted by Crippen LogP contribution is 2.38. The molecule has 31 heavy (non-hydrogen) atoms. The second kappa shape index (κ2) is 9.80. The van der Waals surface area contributed by atoms with Crippen molar-refractivity contribution in [3.8, 4) is 11.5 Å². The number of rotatable bonds is 8. The molecule has 8 nitrogen and oxygen atoms in total. The lowest BCUT2D eigenvalue weighted by Crippen LogP contribution is -2.16. The lowest BCUT2D eigenvalue weighted by atomic mass is 10.2. The van der Waals surface area contributed by atoms with Crippen LogP contribution in [0.2, 0.25) is 0 Å². The van der Waals surface area contributed by atoms with Gasteiger partial charge < -0.3 is 13.3 Å². The van der Waals surface area contributed by atoms with Crippen molar-refractivity contribution in [3.63, 3.8) is 0 Å². The predicted molar refractivity (Wildman–Crippen MR) is 118 cm³/mol. The van der Waals surface area contributed by atoms with Gasteiger partial charge in [-0.25, -0.2) is 5.43 Å². The van der Waals surface area contributed by atoms with Crippen LogP contribution in [0, 0.1) is 6.92 Å². The first-order chi connectivity index (χ1) is 14.8. The van der Waals surface area contributed by atoms with E-state index in [0.29, 0.717) is 10.0 Å². The largest absolute Gasteiger partial charge is 0.490 e. The maximum Gasteiger partial charge on any atom is 0.339 e. The molecule has 162 valence electrons. The number of hydrogen-bond donors (Lipinski definition) is 1. The number of carbonyl (C=O) groups is 1. The molecule has 0 saturated heterocycles. The number of ether oxygens (including phenoxy) is 1. The monoisotopic (exact) mass is 506 g/mol. The molecule has 1 amide bonds. The van der Waals surface area contributed by atoms with Crippen molar-refractivity contribution >= 4 is 38.2 Å². The number of hydrogen-bond acceptors (Lipinski definition) is 7. The maximum atomic E-state index is 12.7. The number of carbonyl (C=O) groups excluding carboxylic acids is 1. The third kappa shape index (κ3) is 5.74. The molecule has 0 saturated carbocycles. The minimum atomic E-state index is -4.07. The smallest absolute Gasteiger partial charge is 0.339 e. The maximum absolute atomic E-state index is 12.7. The summed E-state index contributed by atoms with van der Waals surface area (Å²) in [6.07, 6.45) is 2.76. The molecule has 1 heterocycles. The Labute approximate surface area is 188 Å². The Morgan fingerprint density at radius 1 is 1.23 bits per heavy atom. The molecule has 0 unspecified atom stereocenters. The summed E-state index contributed by atoms with van der Waals surface area (Å²) in [5.41, 5.74) is 3.80. The van der Waals surface area contributed by atoms with Crippen molar-refractivity contribution in [1.82, 2.24) is 5.43 Å². The summed E-state index contributed by atoms with van der Waals surface area (Å²) in [6, 6.07) is 12.6. The van der Waals surface area contributed by atoms with Crippen molar-refractivity contribution in [2.24, 2.45) is 5.10 Å². The topological polar surface area (TPSA) is 107 Å².